The van der Waals surface area contributed by atoms with Gasteiger partial charge in [0.15, 0.2) is 0 Å². The first kappa shape index (κ1) is 27.5. The highest BCUT2D eigenvalue weighted by molar-refractivity contribution is 5.98. The van der Waals surface area contributed by atoms with Gasteiger partial charge in [-0.1, -0.05) is 0 Å². The molecule has 1 aromatic heterocycles. The predicted octanol–water partition coefficient (Wildman–Crippen LogP) is -5.52. The smallest absolute Gasteiger partial charge is 0.253 e. The van der Waals surface area contributed by atoms with Crippen LogP contribution in [0.2, 0.25) is 0 Å². The van der Waals surface area contributed by atoms with Crippen LogP contribution >= 0.6 is 0 Å². The number of fused-ring (bicyclic) bond motifs is 3. The average molecular weight is 450 g/mol. The lowest BCUT2D eigenvalue weighted by Crippen LogP contribution is -3.00. The number of aromatic nitrogens is 1. The third-order valence-electron chi connectivity index (χ3n) is 4.95. The number of halogens is 2. The summed E-state index contributed by atoms with van der Waals surface area (Å²) < 4.78 is 11.4. The van der Waals surface area contributed by atoms with E-state index in [0.717, 1.165) is 85.7 Å². The molecule has 4 rings (SSSR count). The van der Waals surface area contributed by atoms with Crippen LogP contribution in [0.15, 0.2) is 16.9 Å². The summed E-state index contributed by atoms with van der Waals surface area (Å²) in [6, 6.07) is 4.21. The van der Waals surface area contributed by atoms with Crippen LogP contribution in [-0.4, -0.2) is 60.3 Å². The molecule has 1 fully saturated rings. The van der Waals surface area contributed by atoms with E-state index in [0.29, 0.717) is 6.61 Å². The summed E-state index contributed by atoms with van der Waals surface area (Å²) in [5.74, 6) is 0.852. The standard InChI is InChI=1S/C19H25N3O3.2ClH.2H2O/c1-2-25-16-11-13(12-22-6-8-24-9-7-22)10-15-17(16)18-14(19(23)21-15)4-3-5-20-18;;;;/h10-11,20H,2-9,12H2,1H3,(H,21,23);2*1H;2*1H2/p-2. The van der Waals surface area contributed by atoms with Crippen LogP contribution in [0.3, 0.4) is 0 Å². The second-order valence-corrected chi connectivity index (χ2v) is 6.68. The lowest BCUT2D eigenvalue weighted by atomic mass is 9.99. The molecule has 0 unspecified atom stereocenters. The quantitative estimate of drug-likeness (QED) is 0.480. The van der Waals surface area contributed by atoms with Crippen molar-refractivity contribution in [1.29, 1.82) is 0 Å². The van der Waals surface area contributed by atoms with Gasteiger partial charge in [0.05, 0.1) is 36.4 Å². The normalized spacial score (nSPS) is 15.5. The van der Waals surface area contributed by atoms with Crippen LogP contribution in [0.5, 0.6) is 5.75 Å². The molecule has 2 aliphatic heterocycles. The van der Waals surface area contributed by atoms with E-state index < -0.39 is 0 Å². The Morgan fingerprint density at radius 3 is 2.59 bits per heavy atom. The van der Waals surface area contributed by atoms with E-state index in [1.165, 1.54) is 0 Å². The van der Waals surface area contributed by atoms with E-state index in [2.05, 4.69) is 27.3 Å². The van der Waals surface area contributed by atoms with E-state index in [9.17, 15) is 4.79 Å². The molecule has 6 N–H and O–H groups in total. The van der Waals surface area contributed by atoms with Crippen LogP contribution in [0.4, 0.5) is 5.69 Å². The molecule has 0 aliphatic carbocycles. The van der Waals surface area contributed by atoms with Crippen LogP contribution in [0, 0.1) is 0 Å². The molecule has 166 valence electrons. The van der Waals surface area contributed by atoms with Gasteiger partial charge < -0.3 is 55.5 Å². The number of benzene rings is 1. The number of ether oxygens (including phenoxy) is 2. The summed E-state index contributed by atoms with van der Waals surface area (Å²) in [6.45, 7) is 7.75. The van der Waals surface area contributed by atoms with Gasteiger partial charge in [0.1, 0.15) is 5.75 Å². The zero-order valence-corrected chi connectivity index (χ0v) is 18.0. The van der Waals surface area contributed by atoms with Crippen molar-refractivity contribution >= 4 is 16.6 Å². The van der Waals surface area contributed by atoms with Crippen LogP contribution in [0.1, 0.15) is 24.5 Å². The first-order chi connectivity index (χ1) is 12.3. The number of morpholine rings is 1. The summed E-state index contributed by atoms with van der Waals surface area (Å²) in [6.07, 6.45) is 1.80. The highest BCUT2D eigenvalue weighted by Crippen LogP contribution is 2.36. The molecule has 0 spiro atoms. The number of rotatable bonds is 4. The molecule has 2 aliphatic rings. The van der Waals surface area contributed by atoms with Gasteiger partial charge in [-0.15, -0.1) is 0 Å². The molecule has 3 heterocycles. The van der Waals surface area contributed by atoms with Crippen LogP contribution in [-0.2, 0) is 17.7 Å². The second kappa shape index (κ2) is 12.2. The summed E-state index contributed by atoms with van der Waals surface area (Å²) in [7, 11) is 0. The molecule has 0 atom stereocenters. The minimum absolute atomic E-state index is 0. The summed E-state index contributed by atoms with van der Waals surface area (Å²) >= 11 is 0. The van der Waals surface area contributed by atoms with E-state index in [1.807, 2.05) is 6.92 Å². The van der Waals surface area contributed by atoms with Crippen LogP contribution < -0.4 is 40.4 Å². The molecular weight excluding hydrogens is 421 g/mol. The molecule has 10 heteroatoms. The minimum Gasteiger partial charge on any atom is -1.00 e. The molecule has 2 aromatic rings. The lowest BCUT2D eigenvalue weighted by molar-refractivity contribution is -0.001000. The van der Waals surface area contributed by atoms with E-state index in [-0.39, 0.29) is 41.3 Å². The fourth-order valence-electron chi connectivity index (χ4n) is 3.78. The molecule has 0 radical (unpaired) electrons. The number of pyridine rings is 1. The van der Waals surface area contributed by atoms with Crippen molar-refractivity contribution in [3.63, 3.8) is 0 Å². The molecule has 0 bridgehead atoms. The number of nitrogens with zero attached hydrogens (tertiary/aromatic N) is 1. The van der Waals surface area contributed by atoms with Crippen molar-refractivity contribution in [1.82, 2.24) is 9.88 Å². The minimum atomic E-state index is 0. The van der Waals surface area contributed by atoms with Gasteiger partial charge >= 0.3 is 0 Å². The van der Waals surface area contributed by atoms with Gasteiger partial charge in [-0.3, -0.25) is 9.69 Å². The Kier molecular flexibility index (Phi) is 11.6. The summed E-state index contributed by atoms with van der Waals surface area (Å²) in [5, 5.41) is 4.42. The molecular formula is C19H29Cl2N3O5-2. The van der Waals surface area contributed by atoms with Gasteiger partial charge in [-0.05, 0) is 37.5 Å². The maximum atomic E-state index is 12.5. The molecule has 29 heavy (non-hydrogen) atoms. The van der Waals surface area contributed by atoms with Crippen LogP contribution in [0.25, 0.3) is 10.9 Å². The average Bonchev–Trinajstić information content (AvgIpc) is 2.63. The van der Waals surface area contributed by atoms with Crippen molar-refractivity contribution in [2.75, 3.05) is 44.8 Å². The van der Waals surface area contributed by atoms with Crippen molar-refractivity contribution in [3.8, 4) is 5.75 Å². The van der Waals surface area contributed by atoms with E-state index in [4.69, 9.17) is 9.47 Å². The number of aromatic amines is 1. The number of nitrogens with one attached hydrogen (secondary N) is 2. The summed E-state index contributed by atoms with van der Waals surface area (Å²) in [5.41, 5.74) is 3.82. The monoisotopic (exact) mass is 449 g/mol. The number of anilines is 1. The van der Waals surface area contributed by atoms with Gasteiger partial charge in [-0.2, -0.15) is 0 Å². The van der Waals surface area contributed by atoms with Crippen molar-refractivity contribution < 1.29 is 45.2 Å². The van der Waals surface area contributed by atoms with E-state index >= 15 is 0 Å². The Morgan fingerprint density at radius 1 is 1.17 bits per heavy atom. The number of H-pyrrole nitrogens is 1. The topological polar surface area (TPSA) is 130 Å². The van der Waals surface area contributed by atoms with Gasteiger partial charge in [0, 0.05) is 31.7 Å². The Bertz CT molecular complexity index is 841. The lowest BCUT2D eigenvalue weighted by Gasteiger charge is -2.27. The van der Waals surface area contributed by atoms with Crippen molar-refractivity contribution in [3.05, 3.63) is 33.6 Å². The first-order valence-corrected chi connectivity index (χ1v) is 9.15. The third kappa shape index (κ3) is 5.75. The SMILES string of the molecule is CCOc1cc(CN2CCOCC2)cc2[nH]c(=O)c3c(c12)NCCC3.O.O.[Cl-].[Cl-]. The first-order valence-electron chi connectivity index (χ1n) is 9.15. The Labute approximate surface area is 182 Å². The van der Waals surface area contributed by atoms with Crippen molar-refractivity contribution in [2.45, 2.75) is 26.3 Å². The molecule has 1 saturated heterocycles. The third-order valence-corrected chi connectivity index (χ3v) is 4.95. The fraction of sp³-hybridized carbons (Fsp3) is 0.526. The highest BCUT2D eigenvalue weighted by atomic mass is 35.5. The molecule has 0 amide bonds. The van der Waals surface area contributed by atoms with Gasteiger partial charge in [0.2, 0.25) is 0 Å². The highest BCUT2D eigenvalue weighted by Gasteiger charge is 2.20. The Morgan fingerprint density at radius 2 is 1.90 bits per heavy atom. The van der Waals surface area contributed by atoms with Crippen molar-refractivity contribution in [2.24, 2.45) is 0 Å². The molecule has 0 saturated carbocycles. The second-order valence-electron chi connectivity index (χ2n) is 6.68. The predicted molar refractivity (Wildman–Crippen MR) is 106 cm³/mol. The maximum absolute atomic E-state index is 12.5. The largest absolute Gasteiger partial charge is 1.00 e. The zero-order valence-electron chi connectivity index (χ0n) is 16.4. The van der Waals surface area contributed by atoms with E-state index in [1.54, 1.807) is 0 Å². The summed E-state index contributed by atoms with van der Waals surface area (Å²) in [4.78, 5) is 17.9. The molecule has 8 nitrogen and oxygen atoms in total. The zero-order chi connectivity index (χ0) is 17.2. The number of hydrogen-bond acceptors (Lipinski definition) is 5. The maximum Gasteiger partial charge on any atom is 0.253 e. The fourth-order valence-corrected chi connectivity index (χ4v) is 3.78. The van der Waals surface area contributed by atoms with Gasteiger partial charge in [0.25, 0.3) is 5.56 Å². The van der Waals surface area contributed by atoms with Gasteiger partial charge in [-0.25, -0.2) is 0 Å². The Hall–Kier alpha value is -1.55. The Balaban J connectivity index is 0.00000196. The number of hydrogen-bond donors (Lipinski definition) is 2. The molecule has 1 aromatic carbocycles.